The van der Waals surface area contributed by atoms with E-state index in [1.54, 1.807) is 0 Å². The molecule has 2 saturated heterocycles. The largest absolute Gasteiger partial charge is 0.370 e. The molecule has 2 fully saturated rings. The smallest absolute Gasteiger partial charge is 0.0471 e. The van der Waals surface area contributed by atoms with E-state index in [0.29, 0.717) is 12.6 Å². The van der Waals surface area contributed by atoms with Gasteiger partial charge in [0, 0.05) is 48.0 Å². The Hall–Kier alpha value is -0.770. The summed E-state index contributed by atoms with van der Waals surface area (Å²) in [5, 5.41) is 0.794. The van der Waals surface area contributed by atoms with E-state index in [9.17, 15) is 0 Å². The standard InChI is InChI=1S/C15H22ClN3/c1-18-11-5-6-12(18)10-19(8-7-11)15-4-2-3-14(16)13(15)9-17/h2-4,11-12H,5-10,17H2,1H3. The Balaban J connectivity index is 1.89. The van der Waals surface area contributed by atoms with Crippen LogP contribution in [-0.4, -0.2) is 37.1 Å². The van der Waals surface area contributed by atoms with Crippen molar-refractivity contribution in [2.24, 2.45) is 5.73 Å². The molecule has 2 N–H and O–H groups in total. The van der Waals surface area contributed by atoms with Crippen LogP contribution >= 0.6 is 11.6 Å². The fourth-order valence-electron chi connectivity index (χ4n) is 3.57. The summed E-state index contributed by atoms with van der Waals surface area (Å²) in [5.74, 6) is 0. The van der Waals surface area contributed by atoms with E-state index in [1.807, 2.05) is 12.1 Å². The monoisotopic (exact) mass is 279 g/mol. The van der Waals surface area contributed by atoms with Crippen molar-refractivity contribution < 1.29 is 0 Å². The van der Waals surface area contributed by atoms with Crippen molar-refractivity contribution in [1.82, 2.24) is 4.90 Å². The Labute approximate surface area is 120 Å². The highest BCUT2D eigenvalue weighted by atomic mass is 35.5. The van der Waals surface area contributed by atoms with Crippen LogP contribution in [0.15, 0.2) is 18.2 Å². The first-order valence-corrected chi connectivity index (χ1v) is 7.53. The molecule has 0 aliphatic carbocycles. The molecule has 0 amide bonds. The molecular formula is C15H22ClN3. The summed E-state index contributed by atoms with van der Waals surface area (Å²) < 4.78 is 0. The van der Waals surface area contributed by atoms with Gasteiger partial charge in [-0.25, -0.2) is 0 Å². The van der Waals surface area contributed by atoms with Gasteiger partial charge in [0.25, 0.3) is 0 Å². The van der Waals surface area contributed by atoms with Gasteiger partial charge >= 0.3 is 0 Å². The molecule has 19 heavy (non-hydrogen) atoms. The number of hydrogen-bond donors (Lipinski definition) is 1. The Kier molecular flexibility index (Phi) is 3.70. The summed E-state index contributed by atoms with van der Waals surface area (Å²) in [6, 6.07) is 7.56. The van der Waals surface area contributed by atoms with Crippen LogP contribution < -0.4 is 10.6 Å². The summed E-state index contributed by atoms with van der Waals surface area (Å²) in [7, 11) is 2.27. The normalized spacial score (nSPS) is 27.6. The minimum atomic E-state index is 0.509. The van der Waals surface area contributed by atoms with Crippen LogP contribution in [0.5, 0.6) is 0 Å². The molecule has 2 aliphatic heterocycles. The van der Waals surface area contributed by atoms with Crippen LogP contribution in [0.1, 0.15) is 24.8 Å². The molecule has 3 rings (SSSR count). The maximum atomic E-state index is 6.28. The lowest BCUT2D eigenvalue weighted by Crippen LogP contribution is -2.37. The van der Waals surface area contributed by atoms with Crippen molar-refractivity contribution in [3.05, 3.63) is 28.8 Å². The highest BCUT2D eigenvalue weighted by molar-refractivity contribution is 6.31. The maximum absolute atomic E-state index is 6.28. The van der Waals surface area contributed by atoms with Crippen LogP contribution in [0.3, 0.4) is 0 Å². The average Bonchev–Trinajstić information content (AvgIpc) is 2.63. The van der Waals surface area contributed by atoms with Gasteiger partial charge in [0.2, 0.25) is 0 Å². The van der Waals surface area contributed by atoms with Gasteiger partial charge in [0.05, 0.1) is 0 Å². The molecule has 0 saturated carbocycles. The van der Waals surface area contributed by atoms with Gasteiger partial charge in [-0.05, 0) is 38.4 Å². The van der Waals surface area contributed by atoms with E-state index in [2.05, 4.69) is 22.9 Å². The van der Waals surface area contributed by atoms with E-state index >= 15 is 0 Å². The average molecular weight is 280 g/mol. The zero-order valence-corrected chi connectivity index (χ0v) is 12.2. The summed E-state index contributed by atoms with van der Waals surface area (Å²) >= 11 is 6.28. The van der Waals surface area contributed by atoms with Gasteiger partial charge in [0.15, 0.2) is 0 Å². The number of nitrogens with zero attached hydrogens (tertiary/aromatic N) is 2. The molecule has 2 atom stereocenters. The first-order valence-electron chi connectivity index (χ1n) is 7.15. The van der Waals surface area contributed by atoms with E-state index < -0.39 is 0 Å². The van der Waals surface area contributed by atoms with Crippen LogP contribution in [0.25, 0.3) is 0 Å². The van der Waals surface area contributed by atoms with Crippen molar-refractivity contribution in [3.63, 3.8) is 0 Å². The number of likely N-dealkylation sites (N-methyl/N-ethyl adjacent to an activating group) is 1. The fraction of sp³-hybridized carbons (Fsp3) is 0.600. The molecule has 2 unspecified atom stereocenters. The quantitative estimate of drug-likeness (QED) is 0.903. The van der Waals surface area contributed by atoms with Crippen LogP contribution in [0.2, 0.25) is 5.02 Å². The third kappa shape index (κ3) is 2.35. The Morgan fingerprint density at radius 3 is 2.84 bits per heavy atom. The van der Waals surface area contributed by atoms with Crippen LogP contribution in [0.4, 0.5) is 5.69 Å². The Morgan fingerprint density at radius 1 is 1.26 bits per heavy atom. The van der Waals surface area contributed by atoms with E-state index in [4.69, 9.17) is 17.3 Å². The minimum absolute atomic E-state index is 0.509. The number of rotatable bonds is 2. The zero-order chi connectivity index (χ0) is 13.4. The van der Waals surface area contributed by atoms with E-state index in [-0.39, 0.29) is 0 Å². The second kappa shape index (κ2) is 5.31. The lowest BCUT2D eigenvalue weighted by molar-refractivity contribution is 0.254. The first kappa shape index (κ1) is 13.2. The van der Waals surface area contributed by atoms with Gasteiger partial charge in [0.1, 0.15) is 0 Å². The lowest BCUT2D eigenvalue weighted by atomic mass is 10.1. The van der Waals surface area contributed by atoms with Gasteiger partial charge in [-0.1, -0.05) is 17.7 Å². The number of anilines is 1. The van der Waals surface area contributed by atoms with Crippen LogP contribution in [0, 0.1) is 0 Å². The van der Waals surface area contributed by atoms with Crippen molar-refractivity contribution in [1.29, 1.82) is 0 Å². The highest BCUT2D eigenvalue weighted by Crippen LogP contribution is 2.33. The summed E-state index contributed by atoms with van der Waals surface area (Å²) in [4.78, 5) is 5.04. The zero-order valence-electron chi connectivity index (χ0n) is 11.5. The number of nitrogens with two attached hydrogens (primary N) is 1. The molecule has 104 valence electrons. The summed E-state index contributed by atoms with van der Waals surface area (Å²) in [6.07, 6.45) is 3.91. The molecule has 0 spiro atoms. The maximum Gasteiger partial charge on any atom is 0.0471 e. The first-order chi connectivity index (χ1) is 9.20. The Bertz CT molecular complexity index is 463. The van der Waals surface area contributed by atoms with Gasteiger partial charge < -0.3 is 10.6 Å². The van der Waals surface area contributed by atoms with Crippen molar-refractivity contribution in [2.75, 3.05) is 25.0 Å². The second-order valence-corrected chi connectivity index (χ2v) is 6.13. The molecule has 3 nitrogen and oxygen atoms in total. The number of halogens is 1. The van der Waals surface area contributed by atoms with Gasteiger partial charge in [-0.3, -0.25) is 4.90 Å². The molecule has 1 aromatic carbocycles. The second-order valence-electron chi connectivity index (χ2n) is 5.73. The summed E-state index contributed by atoms with van der Waals surface area (Å²) in [6.45, 7) is 2.72. The third-order valence-electron chi connectivity index (χ3n) is 4.79. The van der Waals surface area contributed by atoms with Crippen LogP contribution in [-0.2, 0) is 6.54 Å². The van der Waals surface area contributed by atoms with E-state index in [0.717, 1.165) is 29.7 Å². The molecule has 0 aromatic heterocycles. The molecule has 0 radical (unpaired) electrons. The topological polar surface area (TPSA) is 32.5 Å². The molecule has 1 aromatic rings. The SMILES string of the molecule is CN1C2CCC1CN(c1cccc(Cl)c1CN)CC2. The Morgan fingerprint density at radius 2 is 2.05 bits per heavy atom. The van der Waals surface area contributed by atoms with E-state index in [1.165, 1.54) is 24.9 Å². The summed E-state index contributed by atoms with van der Waals surface area (Å²) in [5.41, 5.74) is 8.20. The van der Waals surface area contributed by atoms with Gasteiger partial charge in [-0.2, -0.15) is 0 Å². The van der Waals surface area contributed by atoms with Crippen molar-refractivity contribution >= 4 is 17.3 Å². The number of benzene rings is 1. The molecule has 2 bridgehead atoms. The predicted octanol–water partition coefficient (Wildman–Crippen LogP) is 2.47. The lowest BCUT2D eigenvalue weighted by Gasteiger charge is -2.29. The fourth-order valence-corrected chi connectivity index (χ4v) is 3.82. The third-order valence-corrected chi connectivity index (χ3v) is 5.14. The van der Waals surface area contributed by atoms with Crippen molar-refractivity contribution in [2.45, 2.75) is 37.9 Å². The predicted molar refractivity (Wildman–Crippen MR) is 80.7 cm³/mol. The minimum Gasteiger partial charge on any atom is -0.370 e. The molecule has 4 heteroatoms. The number of hydrogen-bond acceptors (Lipinski definition) is 3. The molecular weight excluding hydrogens is 258 g/mol. The van der Waals surface area contributed by atoms with Gasteiger partial charge in [-0.15, -0.1) is 0 Å². The molecule has 2 heterocycles. The van der Waals surface area contributed by atoms with Crippen molar-refractivity contribution in [3.8, 4) is 0 Å². The molecule has 2 aliphatic rings. The number of fused-ring (bicyclic) bond motifs is 2. The highest BCUT2D eigenvalue weighted by Gasteiger charge is 2.35.